The van der Waals surface area contributed by atoms with E-state index in [-0.39, 0.29) is 11.9 Å². The number of likely N-dealkylation sites (tertiary alicyclic amines) is 1. The molecule has 3 fully saturated rings. The molecule has 2 saturated heterocycles. The molecular weight excluding hydrogens is 302 g/mol. The van der Waals surface area contributed by atoms with E-state index < -0.39 is 0 Å². The lowest BCUT2D eigenvalue weighted by Gasteiger charge is -2.38. The minimum absolute atomic E-state index is 0.0427. The van der Waals surface area contributed by atoms with Gasteiger partial charge in [-0.15, -0.1) is 0 Å². The molecule has 0 aromatic rings. The van der Waals surface area contributed by atoms with Crippen molar-refractivity contribution in [1.82, 2.24) is 14.7 Å². The lowest BCUT2D eigenvalue weighted by Crippen LogP contribution is -2.55. The van der Waals surface area contributed by atoms with Gasteiger partial charge in [0, 0.05) is 45.7 Å². The number of amides is 2. The van der Waals surface area contributed by atoms with Gasteiger partial charge in [-0.2, -0.15) is 0 Å². The summed E-state index contributed by atoms with van der Waals surface area (Å²) in [6, 6.07) is -0.0427. The highest BCUT2D eigenvalue weighted by molar-refractivity contribution is 5.81. The predicted molar refractivity (Wildman–Crippen MR) is 94.6 cm³/mol. The molecule has 24 heavy (non-hydrogen) atoms. The number of rotatable bonds is 5. The van der Waals surface area contributed by atoms with E-state index in [0.717, 1.165) is 64.4 Å². The first-order valence-corrected chi connectivity index (χ1v) is 9.96. The van der Waals surface area contributed by atoms with Crippen molar-refractivity contribution in [2.75, 3.05) is 39.3 Å². The lowest BCUT2D eigenvalue weighted by atomic mass is 10.0. The van der Waals surface area contributed by atoms with Gasteiger partial charge in [-0.3, -0.25) is 14.5 Å². The Hall–Kier alpha value is -1.10. The number of hydrogen-bond donors (Lipinski definition) is 0. The third kappa shape index (κ3) is 4.29. The maximum atomic E-state index is 12.5. The number of piperazine rings is 1. The van der Waals surface area contributed by atoms with E-state index >= 15 is 0 Å². The number of carbonyl (C=O) groups excluding carboxylic acids is 2. The maximum absolute atomic E-state index is 12.5. The highest BCUT2D eigenvalue weighted by Crippen LogP contribution is 2.28. The molecule has 0 aromatic carbocycles. The molecule has 0 bridgehead atoms. The Morgan fingerprint density at radius 3 is 2.12 bits per heavy atom. The summed E-state index contributed by atoms with van der Waals surface area (Å²) in [5.41, 5.74) is 0. The van der Waals surface area contributed by atoms with E-state index in [4.69, 9.17) is 0 Å². The van der Waals surface area contributed by atoms with Crippen LogP contribution in [-0.4, -0.2) is 71.8 Å². The second-order valence-corrected chi connectivity index (χ2v) is 7.81. The fourth-order valence-corrected chi connectivity index (χ4v) is 4.50. The molecule has 2 aliphatic heterocycles. The van der Waals surface area contributed by atoms with E-state index in [1.807, 2.05) is 16.7 Å². The molecule has 3 rings (SSSR count). The fraction of sp³-hybridized carbons (Fsp3) is 0.895. The summed E-state index contributed by atoms with van der Waals surface area (Å²) in [6.07, 6.45) is 9.40. The lowest BCUT2D eigenvalue weighted by molar-refractivity contribution is -0.138. The van der Waals surface area contributed by atoms with Gasteiger partial charge < -0.3 is 9.80 Å². The van der Waals surface area contributed by atoms with Crippen LogP contribution >= 0.6 is 0 Å². The van der Waals surface area contributed by atoms with Crippen molar-refractivity contribution in [2.45, 2.75) is 64.3 Å². The van der Waals surface area contributed by atoms with Crippen molar-refractivity contribution in [2.24, 2.45) is 5.92 Å². The van der Waals surface area contributed by atoms with Crippen molar-refractivity contribution in [1.29, 1.82) is 0 Å². The molecule has 5 nitrogen and oxygen atoms in total. The molecule has 2 amide bonds. The Kier molecular flexibility index (Phi) is 6.14. The molecule has 1 saturated carbocycles. The van der Waals surface area contributed by atoms with Gasteiger partial charge in [0.2, 0.25) is 11.8 Å². The SMILES string of the molecule is CC(C(=O)N1CCCC1)N1CCN(C(=O)CCC2CCCC2)CC1. The van der Waals surface area contributed by atoms with Crippen LogP contribution in [0, 0.1) is 5.92 Å². The summed E-state index contributed by atoms with van der Waals surface area (Å²) in [7, 11) is 0. The first kappa shape index (κ1) is 17.7. The monoisotopic (exact) mass is 335 g/mol. The molecule has 1 unspecified atom stereocenters. The Bertz CT molecular complexity index is 434. The van der Waals surface area contributed by atoms with Crippen molar-refractivity contribution in [3.05, 3.63) is 0 Å². The van der Waals surface area contributed by atoms with E-state index in [9.17, 15) is 9.59 Å². The highest BCUT2D eigenvalue weighted by atomic mass is 16.2. The second-order valence-electron chi connectivity index (χ2n) is 7.81. The Balaban J connectivity index is 1.39. The predicted octanol–water partition coefficient (Wildman–Crippen LogP) is 2.11. The van der Waals surface area contributed by atoms with Crippen LogP contribution in [0.25, 0.3) is 0 Å². The third-order valence-corrected chi connectivity index (χ3v) is 6.23. The van der Waals surface area contributed by atoms with E-state index in [2.05, 4.69) is 4.90 Å². The molecule has 2 heterocycles. The topological polar surface area (TPSA) is 43.9 Å². The van der Waals surface area contributed by atoms with E-state index in [0.29, 0.717) is 12.3 Å². The number of nitrogens with zero attached hydrogens (tertiary/aromatic N) is 3. The van der Waals surface area contributed by atoms with Crippen LogP contribution in [0.3, 0.4) is 0 Å². The van der Waals surface area contributed by atoms with Gasteiger partial charge in [-0.25, -0.2) is 0 Å². The zero-order valence-electron chi connectivity index (χ0n) is 15.2. The van der Waals surface area contributed by atoms with Crippen molar-refractivity contribution < 1.29 is 9.59 Å². The quantitative estimate of drug-likeness (QED) is 0.773. The van der Waals surface area contributed by atoms with E-state index in [1.54, 1.807) is 0 Å². The minimum Gasteiger partial charge on any atom is -0.341 e. The summed E-state index contributed by atoms with van der Waals surface area (Å²) >= 11 is 0. The zero-order chi connectivity index (χ0) is 16.9. The Labute approximate surface area is 146 Å². The van der Waals surface area contributed by atoms with Crippen molar-refractivity contribution in [3.63, 3.8) is 0 Å². The van der Waals surface area contributed by atoms with Crippen LogP contribution < -0.4 is 0 Å². The van der Waals surface area contributed by atoms with Crippen LogP contribution in [0.4, 0.5) is 0 Å². The van der Waals surface area contributed by atoms with Crippen molar-refractivity contribution >= 4 is 11.8 Å². The molecule has 5 heteroatoms. The van der Waals surface area contributed by atoms with Gasteiger partial charge in [0.25, 0.3) is 0 Å². The summed E-state index contributed by atoms with van der Waals surface area (Å²) < 4.78 is 0. The molecule has 1 aliphatic carbocycles. The van der Waals surface area contributed by atoms with Crippen LogP contribution in [-0.2, 0) is 9.59 Å². The van der Waals surface area contributed by atoms with E-state index in [1.165, 1.54) is 25.7 Å². The first-order chi connectivity index (χ1) is 11.6. The largest absolute Gasteiger partial charge is 0.341 e. The highest BCUT2D eigenvalue weighted by Gasteiger charge is 2.31. The maximum Gasteiger partial charge on any atom is 0.239 e. The fourth-order valence-electron chi connectivity index (χ4n) is 4.50. The van der Waals surface area contributed by atoms with Gasteiger partial charge in [-0.05, 0) is 32.1 Å². The van der Waals surface area contributed by atoms with Crippen LogP contribution in [0.15, 0.2) is 0 Å². The van der Waals surface area contributed by atoms with Crippen LogP contribution in [0.2, 0.25) is 0 Å². The summed E-state index contributed by atoms with van der Waals surface area (Å²) in [4.78, 5) is 31.2. The normalized spacial score (nSPS) is 24.5. The first-order valence-electron chi connectivity index (χ1n) is 9.96. The molecule has 0 radical (unpaired) electrons. The standard InChI is InChI=1S/C19H33N3O2/c1-16(19(24)22-10-4-5-11-22)20-12-14-21(15-13-20)18(23)9-8-17-6-2-3-7-17/h16-17H,2-15H2,1H3. The number of carbonyl (C=O) groups is 2. The molecule has 3 aliphatic rings. The number of hydrogen-bond acceptors (Lipinski definition) is 3. The minimum atomic E-state index is -0.0427. The molecule has 1 atom stereocenters. The average Bonchev–Trinajstić information content (AvgIpc) is 3.32. The third-order valence-electron chi connectivity index (χ3n) is 6.23. The Morgan fingerprint density at radius 1 is 0.875 bits per heavy atom. The summed E-state index contributed by atoms with van der Waals surface area (Å²) in [6.45, 7) is 7.08. The van der Waals surface area contributed by atoms with Gasteiger partial charge in [0.05, 0.1) is 6.04 Å². The average molecular weight is 335 g/mol. The second kappa shape index (κ2) is 8.32. The molecule has 0 spiro atoms. The van der Waals surface area contributed by atoms with Crippen LogP contribution in [0.5, 0.6) is 0 Å². The molecule has 0 N–H and O–H groups in total. The van der Waals surface area contributed by atoms with Crippen molar-refractivity contribution in [3.8, 4) is 0 Å². The summed E-state index contributed by atoms with van der Waals surface area (Å²) in [5, 5.41) is 0. The van der Waals surface area contributed by atoms with Gasteiger partial charge in [0.1, 0.15) is 0 Å². The van der Waals surface area contributed by atoms with Crippen LogP contribution in [0.1, 0.15) is 58.3 Å². The van der Waals surface area contributed by atoms with Gasteiger partial charge in [0.15, 0.2) is 0 Å². The smallest absolute Gasteiger partial charge is 0.239 e. The molecule has 136 valence electrons. The zero-order valence-corrected chi connectivity index (χ0v) is 15.2. The summed E-state index contributed by atoms with van der Waals surface area (Å²) in [5.74, 6) is 1.38. The van der Waals surface area contributed by atoms with Gasteiger partial charge >= 0.3 is 0 Å². The molecule has 0 aromatic heterocycles. The molecular formula is C19H33N3O2. The van der Waals surface area contributed by atoms with Gasteiger partial charge in [-0.1, -0.05) is 25.7 Å². The Morgan fingerprint density at radius 2 is 1.50 bits per heavy atom.